The van der Waals surface area contributed by atoms with Gasteiger partial charge in [-0.15, -0.1) is 11.3 Å². The van der Waals surface area contributed by atoms with Crippen molar-refractivity contribution in [3.05, 3.63) is 15.6 Å². The molecule has 2 aliphatic carbocycles. The van der Waals surface area contributed by atoms with Gasteiger partial charge in [0.15, 0.2) is 0 Å². The second kappa shape index (κ2) is 4.06. The average Bonchev–Trinajstić information content (AvgIpc) is 3.18. The molecule has 0 saturated heterocycles. The van der Waals surface area contributed by atoms with Crippen LogP contribution in [-0.2, 0) is 5.54 Å². The topological polar surface area (TPSA) is 24.9 Å². The number of thiazole rings is 1. The van der Waals surface area contributed by atoms with Crippen molar-refractivity contribution < 1.29 is 0 Å². The summed E-state index contributed by atoms with van der Waals surface area (Å²) < 4.78 is 0. The minimum absolute atomic E-state index is 0.199. The molecular weight excluding hydrogens is 228 g/mol. The van der Waals surface area contributed by atoms with Gasteiger partial charge in [-0.3, -0.25) is 0 Å². The third kappa shape index (κ3) is 2.04. The number of nitrogens with one attached hydrogen (secondary N) is 1. The molecule has 1 aromatic rings. The molecule has 0 amide bonds. The highest BCUT2D eigenvalue weighted by molar-refractivity contribution is 7.11. The zero-order chi connectivity index (χ0) is 12.0. The number of hydrogen-bond acceptors (Lipinski definition) is 3. The van der Waals surface area contributed by atoms with Crippen LogP contribution < -0.4 is 5.32 Å². The molecule has 17 heavy (non-hydrogen) atoms. The van der Waals surface area contributed by atoms with E-state index in [0.717, 1.165) is 12.0 Å². The zero-order valence-corrected chi connectivity index (χ0v) is 11.9. The molecule has 2 fully saturated rings. The number of nitrogens with zero attached hydrogens (tertiary/aromatic N) is 1. The van der Waals surface area contributed by atoms with E-state index in [9.17, 15) is 0 Å². The van der Waals surface area contributed by atoms with Crippen LogP contribution in [0.25, 0.3) is 0 Å². The lowest BCUT2D eigenvalue weighted by atomic mass is 9.90. The van der Waals surface area contributed by atoms with Crippen LogP contribution in [0.3, 0.4) is 0 Å². The molecule has 3 heteroatoms. The first-order chi connectivity index (χ1) is 8.15. The van der Waals surface area contributed by atoms with Crippen LogP contribution >= 0.6 is 11.3 Å². The van der Waals surface area contributed by atoms with E-state index in [1.165, 1.54) is 47.7 Å². The Hall–Kier alpha value is -0.410. The normalized spacial score (nSPS) is 23.7. The van der Waals surface area contributed by atoms with Gasteiger partial charge in [0.25, 0.3) is 0 Å². The highest BCUT2D eigenvalue weighted by Gasteiger charge is 2.49. The molecule has 1 aromatic heterocycles. The van der Waals surface area contributed by atoms with E-state index in [-0.39, 0.29) is 5.54 Å². The summed E-state index contributed by atoms with van der Waals surface area (Å²) in [5.74, 6) is 0.832. The predicted octanol–water partition coefficient (Wildman–Crippen LogP) is 3.53. The van der Waals surface area contributed by atoms with Crippen molar-refractivity contribution in [1.82, 2.24) is 10.3 Å². The standard InChI is InChI=1S/C14H22N2S/c1-4-14(11-5-6-11,16-12-7-8-12)13-15-9(2)10(3)17-13/h11-12,16H,4-8H2,1-3H3. The molecule has 1 atom stereocenters. The van der Waals surface area contributed by atoms with E-state index in [2.05, 4.69) is 26.1 Å². The Morgan fingerprint density at radius 2 is 2.00 bits per heavy atom. The molecule has 3 rings (SSSR count). The lowest BCUT2D eigenvalue weighted by molar-refractivity contribution is 0.271. The van der Waals surface area contributed by atoms with Crippen LogP contribution in [0.1, 0.15) is 54.6 Å². The quantitative estimate of drug-likeness (QED) is 0.865. The van der Waals surface area contributed by atoms with Gasteiger partial charge in [0.1, 0.15) is 5.01 Å². The van der Waals surface area contributed by atoms with Gasteiger partial charge in [-0.2, -0.15) is 0 Å². The molecular formula is C14H22N2S. The lowest BCUT2D eigenvalue weighted by Gasteiger charge is -2.32. The maximum absolute atomic E-state index is 4.85. The minimum atomic E-state index is 0.199. The van der Waals surface area contributed by atoms with E-state index in [1.807, 2.05) is 11.3 Å². The molecule has 0 spiro atoms. The van der Waals surface area contributed by atoms with E-state index in [4.69, 9.17) is 4.98 Å². The summed E-state index contributed by atoms with van der Waals surface area (Å²) in [5, 5.41) is 5.27. The Morgan fingerprint density at radius 1 is 1.29 bits per heavy atom. The fourth-order valence-electron chi connectivity index (χ4n) is 2.73. The van der Waals surface area contributed by atoms with E-state index >= 15 is 0 Å². The minimum Gasteiger partial charge on any atom is -0.302 e. The zero-order valence-electron chi connectivity index (χ0n) is 11.0. The van der Waals surface area contributed by atoms with Crippen molar-refractivity contribution in [3.8, 4) is 0 Å². The SMILES string of the molecule is CCC(NC1CC1)(c1nc(C)c(C)s1)C1CC1. The highest BCUT2D eigenvalue weighted by atomic mass is 32.1. The van der Waals surface area contributed by atoms with E-state index in [0.29, 0.717) is 0 Å². The summed E-state index contributed by atoms with van der Waals surface area (Å²) in [7, 11) is 0. The van der Waals surface area contributed by atoms with Crippen LogP contribution in [0.4, 0.5) is 0 Å². The molecule has 2 nitrogen and oxygen atoms in total. The Bertz CT molecular complexity index is 398. The molecule has 2 saturated carbocycles. The molecule has 1 N–H and O–H groups in total. The summed E-state index contributed by atoms with van der Waals surface area (Å²) >= 11 is 1.91. The fourth-order valence-corrected chi connectivity index (χ4v) is 3.95. The summed E-state index contributed by atoms with van der Waals surface area (Å²) in [6.07, 6.45) is 6.66. The molecule has 1 unspecified atom stereocenters. The fraction of sp³-hybridized carbons (Fsp3) is 0.786. The van der Waals surface area contributed by atoms with Crippen LogP contribution in [0, 0.1) is 19.8 Å². The van der Waals surface area contributed by atoms with Crippen molar-refractivity contribution in [3.63, 3.8) is 0 Å². The number of aromatic nitrogens is 1. The summed E-state index contributed by atoms with van der Waals surface area (Å²) in [6.45, 7) is 6.65. The molecule has 0 radical (unpaired) electrons. The largest absolute Gasteiger partial charge is 0.302 e. The Morgan fingerprint density at radius 3 is 2.41 bits per heavy atom. The first-order valence-corrected chi connectivity index (χ1v) is 7.69. The molecule has 2 aliphatic rings. The van der Waals surface area contributed by atoms with Crippen molar-refractivity contribution in [2.24, 2.45) is 5.92 Å². The number of aryl methyl sites for hydroxylation is 2. The number of rotatable bonds is 5. The van der Waals surface area contributed by atoms with E-state index < -0.39 is 0 Å². The van der Waals surface area contributed by atoms with Crippen molar-refractivity contribution in [2.75, 3.05) is 0 Å². The van der Waals surface area contributed by atoms with Gasteiger partial charge in [-0.05, 0) is 51.9 Å². The molecule has 0 aliphatic heterocycles. The molecule has 94 valence electrons. The Balaban J connectivity index is 1.95. The second-order valence-corrected chi connectivity index (χ2v) is 6.88. The van der Waals surface area contributed by atoms with Gasteiger partial charge in [-0.25, -0.2) is 4.98 Å². The Labute approximate surface area is 108 Å². The maximum Gasteiger partial charge on any atom is 0.114 e. The second-order valence-electron chi connectivity index (χ2n) is 5.68. The highest BCUT2D eigenvalue weighted by Crippen LogP contribution is 2.50. The van der Waals surface area contributed by atoms with Crippen LogP contribution in [0.5, 0.6) is 0 Å². The average molecular weight is 250 g/mol. The molecule has 0 bridgehead atoms. The van der Waals surface area contributed by atoms with Crippen LogP contribution in [0.15, 0.2) is 0 Å². The monoisotopic (exact) mass is 250 g/mol. The van der Waals surface area contributed by atoms with Crippen molar-refractivity contribution in [1.29, 1.82) is 0 Å². The summed E-state index contributed by atoms with van der Waals surface area (Å²) in [6, 6.07) is 0.764. The van der Waals surface area contributed by atoms with Crippen molar-refractivity contribution in [2.45, 2.75) is 64.5 Å². The summed E-state index contributed by atoms with van der Waals surface area (Å²) in [4.78, 5) is 6.24. The van der Waals surface area contributed by atoms with Crippen molar-refractivity contribution >= 4 is 11.3 Å². The smallest absolute Gasteiger partial charge is 0.114 e. The van der Waals surface area contributed by atoms with Gasteiger partial charge < -0.3 is 5.32 Å². The first kappa shape index (κ1) is 11.7. The third-order valence-corrected chi connectivity index (χ3v) is 5.53. The van der Waals surface area contributed by atoms with Gasteiger partial charge >= 0.3 is 0 Å². The lowest BCUT2D eigenvalue weighted by Crippen LogP contribution is -2.45. The van der Waals surface area contributed by atoms with Gasteiger partial charge in [0.05, 0.1) is 11.2 Å². The maximum atomic E-state index is 4.85. The summed E-state index contributed by atoms with van der Waals surface area (Å²) in [5.41, 5.74) is 1.42. The van der Waals surface area contributed by atoms with Gasteiger partial charge in [-0.1, -0.05) is 6.92 Å². The number of hydrogen-bond donors (Lipinski definition) is 1. The van der Waals surface area contributed by atoms with E-state index in [1.54, 1.807) is 0 Å². The predicted molar refractivity (Wildman–Crippen MR) is 72.4 cm³/mol. The molecule has 1 heterocycles. The van der Waals surface area contributed by atoms with Crippen LogP contribution in [-0.4, -0.2) is 11.0 Å². The third-order valence-electron chi connectivity index (χ3n) is 4.28. The van der Waals surface area contributed by atoms with Gasteiger partial charge in [0, 0.05) is 10.9 Å². The Kier molecular flexibility index (Phi) is 2.79. The molecule has 0 aromatic carbocycles. The van der Waals surface area contributed by atoms with Crippen LogP contribution in [0.2, 0.25) is 0 Å². The first-order valence-electron chi connectivity index (χ1n) is 6.88. The van der Waals surface area contributed by atoms with Gasteiger partial charge in [0.2, 0.25) is 0 Å².